The van der Waals surface area contributed by atoms with Crippen LogP contribution in [0.4, 0.5) is 5.69 Å². The first-order chi connectivity index (χ1) is 12.4. The van der Waals surface area contributed by atoms with Crippen LogP contribution < -0.4 is 4.90 Å². The highest BCUT2D eigenvalue weighted by Gasteiger charge is 2.20. The van der Waals surface area contributed by atoms with E-state index in [2.05, 4.69) is 39.9 Å². The van der Waals surface area contributed by atoms with E-state index in [1.54, 1.807) is 6.26 Å². The number of anilines is 1. The number of piperazine rings is 1. The zero-order valence-corrected chi connectivity index (χ0v) is 17.2. The molecule has 1 atom stereocenters. The fourth-order valence-electron chi connectivity index (χ4n) is 3.36. The van der Waals surface area contributed by atoms with E-state index in [0.29, 0.717) is 0 Å². The molecule has 0 bridgehead atoms. The minimum absolute atomic E-state index is 0.724. The van der Waals surface area contributed by atoms with Gasteiger partial charge in [0.05, 0.1) is 4.99 Å². The number of aromatic nitrogens is 1. The molecule has 6 heteroatoms. The fraction of sp³-hybridized carbons (Fsp3) is 0.400. The third-order valence-corrected chi connectivity index (χ3v) is 5.95. The van der Waals surface area contributed by atoms with Gasteiger partial charge in [-0.15, -0.1) is 0 Å². The fourth-order valence-corrected chi connectivity index (χ4v) is 4.24. The predicted molar refractivity (Wildman–Crippen MR) is 113 cm³/mol. The van der Waals surface area contributed by atoms with Crippen molar-refractivity contribution >= 4 is 33.7 Å². The Balaban J connectivity index is 1.60. The van der Waals surface area contributed by atoms with Crippen LogP contribution in [0.5, 0.6) is 0 Å². The number of hydrogen-bond donors (Lipinski definition) is 0. The summed E-state index contributed by atoms with van der Waals surface area (Å²) in [6.07, 6.45) is 2.44. The monoisotopic (exact) mass is 387 g/mol. The van der Waals surface area contributed by atoms with Gasteiger partial charge in [0.15, 0.2) is 0 Å². The normalized spacial score (nSPS) is 15.8. The first kappa shape index (κ1) is 19.0. The Bertz CT molecular complexity index is 809. The molecule has 0 radical (unpaired) electrons. The van der Waals surface area contributed by atoms with Crippen molar-refractivity contribution in [2.75, 3.05) is 37.3 Å². The van der Waals surface area contributed by atoms with Gasteiger partial charge in [0.25, 0.3) is 0 Å². The van der Waals surface area contributed by atoms with E-state index in [9.17, 15) is 4.21 Å². The summed E-state index contributed by atoms with van der Waals surface area (Å²) < 4.78 is 11.7. The molecule has 1 saturated heterocycles. The average Bonchev–Trinajstić information content (AvgIpc) is 2.61. The number of rotatable bonds is 4. The Labute approximate surface area is 163 Å². The molecule has 0 amide bonds. The van der Waals surface area contributed by atoms with Crippen molar-refractivity contribution in [2.24, 2.45) is 0 Å². The first-order valence-electron chi connectivity index (χ1n) is 8.83. The second kappa shape index (κ2) is 8.27. The molecule has 1 aromatic heterocycles. The lowest BCUT2D eigenvalue weighted by atomic mass is 10.1. The minimum Gasteiger partial charge on any atom is -0.368 e. The molecule has 1 unspecified atom stereocenters. The van der Waals surface area contributed by atoms with Gasteiger partial charge in [-0.3, -0.25) is 9.19 Å². The lowest BCUT2D eigenvalue weighted by Crippen LogP contribution is -2.48. The maximum absolute atomic E-state index is 11.7. The Morgan fingerprint density at radius 2 is 1.88 bits per heavy atom. The van der Waals surface area contributed by atoms with E-state index in [1.807, 2.05) is 25.1 Å². The van der Waals surface area contributed by atoms with E-state index in [1.165, 1.54) is 5.56 Å². The molecule has 0 aliphatic carbocycles. The van der Waals surface area contributed by atoms with Gasteiger partial charge in [0.2, 0.25) is 0 Å². The number of aryl methyl sites for hydroxylation is 2. The second-order valence-corrected chi connectivity index (χ2v) is 8.62. The average molecular weight is 388 g/mol. The van der Waals surface area contributed by atoms with Gasteiger partial charge in [-0.05, 0) is 49.7 Å². The van der Waals surface area contributed by atoms with E-state index < -0.39 is 10.8 Å². The van der Waals surface area contributed by atoms with E-state index in [0.717, 1.165) is 59.6 Å². The van der Waals surface area contributed by atoms with Gasteiger partial charge in [0.1, 0.15) is 0 Å². The summed E-state index contributed by atoms with van der Waals surface area (Å²) >= 11 is 5.68. The summed E-state index contributed by atoms with van der Waals surface area (Å²) in [5.41, 5.74) is 4.46. The van der Waals surface area contributed by atoms with Gasteiger partial charge < -0.3 is 9.80 Å². The molecule has 1 aliphatic rings. The van der Waals surface area contributed by atoms with Crippen LogP contribution >= 0.6 is 12.2 Å². The Morgan fingerprint density at radius 1 is 1.15 bits per heavy atom. The first-order valence-corrected chi connectivity index (χ1v) is 10.8. The van der Waals surface area contributed by atoms with Gasteiger partial charge >= 0.3 is 0 Å². The molecular formula is C20H25N3OS2. The van der Waals surface area contributed by atoms with E-state index in [4.69, 9.17) is 12.2 Å². The Kier molecular flexibility index (Phi) is 6.04. The summed E-state index contributed by atoms with van der Waals surface area (Å²) in [5, 5.41) is 0. The summed E-state index contributed by atoms with van der Waals surface area (Å²) in [6, 6.07) is 12.2. The van der Waals surface area contributed by atoms with Crippen LogP contribution in [0.3, 0.4) is 0 Å². The molecule has 1 aromatic carbocycles. The van der Waals surface area contributed by atoms with Gasteiger partial charge in [-0.2, -0.15) is 0 Å². The number of pyridine rings is 1. The second-order valence-electron chi connectivity index (χ2n) is 6.77. The molecule has 1 aliphatic heterocycles. The topological polar surface area (TPSA) is 36.4 Å². The third kappa shape index (κ3) is 4.68. The number of hydrogen-bond acceptors (Lipinski definition) is 4. The summed E-state index contributed by atoms with van der Waals surface area (Å²) in [5.74, 6) is 0. The van der Waals surface area contributed by atoms with Crippen molar-refractivity contribution < 1.29 is 4.21 Å². The van der Waals surface area contributed by atoms with Crippen molar-refractivity contribution in [3.05, 3.63) is 53.3 Å². The largest absolute Gasteiger partial charge is 0.368 e. The van der Waals surface area contributed by atoms with Crippen molar-refractivity contribution in [1.29, 1.82) is 0 Å². The van der Waals surface area contributed by atoms with Gasteiger partial charge in [-0.1, -0.05) is 18.3 Å². The SMILES string of the molecule is Cc1cc(C)nc(CC(=S)N2CCN(c3cccc(S(C)=O)c3)CC2)c1. The van der Waals surface area contributed by atoms with Gasteiger partial charge in [0, 0.05) is 71.6 Å². The summed E-state index contributed by atoms with van der Waals surface area (Å²) in [4.78, 5) is 11.1. The number of thiocarbonyl (C=S) groups is 1. The van der Waals surface area contributed by atoms with Gasteiger partial charge in [-0.25, -0.2) is 0 Å². The van der Waals surface area contributed by atoms with Crippen LogP contribution in [-0.2, 0) is 17.2 Å². The van der Waals surface area contributed by atoms with E-state index >= 15 is 0 Å². The lowest BCUT2D eigenvalue weighted by Gasteiger charge is -2.37. The van der Waals surface area contributed by atoms with Crippen molar-refractivity contribution in [2.45, 2.75) is 25.2 Å². The molecule has 1 fully saturated rings. The molecular weight excluding hydrogens is 362 g/mol. The van der Waals surface area contributed by atoms with Crippen LogP contribution in [0.25, 0.3) is 0 Å². The van der Waals surface area contributed by atoms with Crippen LogP contribution in [0.15, 0.2) is 41.3 Å². The zero-order valence-electron chi connectivity index (χ0n) is 15.6. The van der Waals surface area contributed by atoms with Crippen molar-refractivity contribution in [1.82, 2.24) is 9.88 Å². The van der Waals surface area contributed by atoms with Crippen LogP contribution in [0, 0.1) is 13.8 Å². The summed E-state index contributed by atoms with van der Waals surface area (Å²) in [6.45, 7) is 7.76. The van der Waals surface area contributed by atoms with E-state index in [-0.39, 0.29) is 0 Å². The molecule has 2 aromatic rings. The highest BCUT2D eigenvalue weighted by atomic mass is 32.2. The maximum atomic E-state index is 11.7. The molecule has 0 spiro atoms. The third-order valence-electron chi connectivity index (χ3n) is 4.63. The van der Waals surface area contributed by atoms with Crippen molar-refractivity contribution in [3.63, 3.8) is 0 Å². The zero-order chi connectivity index (χ0) is 18.7. The summed E-state index contributed by atoms with van der Waals surface area (Å²) in [7, 11) is -0.949. The molecule has 3 rings (SSSR count). The predicted octanol–water partition coefficient (Wildman–Crippen LogP) is 3.13. The Morgan fingerprint density at radius 3 is 2.54 bits per heavy atom. The standard InChI is InChI=1S/C20H25N3OS2/c1-15-11-16(2)21-17(12-15)13-20(25)23-9-7-22(8-10-23)18-5-4-6-19(14-18)26(3)24/h4-6,11-12,14H,7-10,13H2,1-3H3. The maximum Gasteiger partial charge on any atom is 0.0840 e. The molecule has 0 saturated carbocycles. The molecule has 4 nitrogen and oxygen atoms in total. The Hall–Kier alpha value is -1.79. The number of benzene rings is 1. The highest BCUT2D eigenvalue weighted by Crippen LogP contribution is 2.20. The molecule has 0 N–H and O–H groups in total. The van der Waals surface area contributed by atoms with Crippen LogP contribution in [0.2, 0.25) is 0 Å². The molecule has 26 heavy (non-hydrogen) atoms. The molecule has 138 valence electrons. The quantitative estimate of drug-likeness (QED) is 0.754. The smallest absolute Gasteiger partial charge is 0.0840 e. The minimum atomic E-state index is -0.949. The molecule has 2 heterocycles. The lowest BCUT2D eigenvalue weighted by molar-refractivity contribution is 0.387. The van der Waals surface area contributed by atoms with Crippen LogP contribution in [-0.4, -0.2) is 51.5 Å². The highest BCUT2D eigenvalue weighted by molar-refractivity contribution is 7.84. The van der Waals surface area contributed by atoms with Crippen LogP contribution in [0.1, 0.15) is 17.0 Å². The van der Waals surface area contributed by atoms with Crippen molar-refractivity contribution in [3.8, 4) is 0 Å². The number of nitrogens with zero attached hydrogens (tertiary/aromatic N) is 3.